The van der Waals surface area contributed by atoms with Crippen LogP contribution in [0.2, 0.25) is 5.02 Å². The second kappa shape index (κ2) is 9.23. The molecule has 1 N–H and O–H groups in total. The highest BCUT2D eigenvalue weighted by Gasteiger charge is 2.19. The Morgan fingerprint density at radius 3 is 2.68 bits per heavy atom. The second-order valence-corrected chi connectivity index (χ2v) is 8.72. The zero-order valence-corrected chi connectivity index (χ0v) is 16.0. The van der Waals surface area contributed by atoms with E-state index in [9.17, 15) is 13.2 Å². The Morgan fingerprint density at radius 1 is 1.28 bits per heavy atom. The number of aromatic nitrogens is 2. The van der Waals surface area contributed by atoms with Crippen LogP contribution < -0.4 is 5.32 Å². The molecular formula is C15H18ClN3O4S2. The minimum atomic E-state index is -3.60. The van der Waals surface area contributed by atoms with Crippen molar-refractivity contribution in [3.05, 3.63) is 39.9 Å². The average Bonchev–Trinajstić information content (AvgIpc) is 2.96. The molecule has 0 saturated heterocycles. The number of carbonyl (C=O) groups excluding carboxylic acids is 1. The number of sulfone groups is 1. The molecule has 25 heavy (non-hydrogen) atoms. The summed E-state index contributed by atoms with van der Waals surface area (Å²) in [4.78, 5) is 11.9. The number of hydrogen-bond donors (Lipinski definition) is 1. The minimum Gasteiger partial charge on any atom is -0.381 e. The van der Waals surface area contributed by atoms with Crippen molar-refractivity contribution in [3.63, 3.8) is 0 Å². The van der Waals surface area contributed by atoms with Gasteiger partial charge >= 0.3 is 0 Å². The summed E-state index contributed by atoms with van der Waals surface area (Å²) in [5.74, 6) is -1.49. The lowest BCUT2D eigenvalue weighted by Gasteiger charge is -2.04. The fourth-order valence-corrected chi connectivity index (χ4v) is 4.09. The molecular weight excluding hydrogens is 386 g/mol. The molecule has 1 amide bonds. The standard InChI is InChI=1S/C15H18ClN3O4S2/c1-2-23-8-7-14-18-19-15(24-14)17-13(20)10-25(21,22)9-11-3-5-12(16)6-4-11/h3-6H,2,7-10H2,1H3,(H,17,19,20). The third-order valence-electron chi connectivity index (χ3n) is 3.03. The van der Waals surface area contributed by atoms with Crippen LogP contribution in [0, 0.1) is 0 Å². The predicted molar refractivity (Wildman–Crippen MR) is 97.7 cm³/mol. The van der Waals surface area contributed by atoms with Gasteiger partial charge in [0.2, 0.25) is 11.0 Å². The van der Waals surface area contributed by atoms with Crippen LogP contribution in [0.15, 0.2) is 24.3 Å². The number of amides is 1. The van der Waals surface area contributed by atoms with Crippen LogP contribution in [0.3, 0.4) is 0 Å². The molecule has 1 heterocycles. The second-order valence-electron chi connectivity index (χ2n) is 5.15. The number of ether oxygens (including phenoxy) is 1. The molecule has 136 valence electrons. The zero-order valence-electron chi connectivity index (χ0n) is 13.6. The van der Waals surface area contributed by atoms with E-state index in [-0.39, 0.29) is 10.9 Å². The first-order valence-corrected chi connectivity index (χ1v) is 10.5. The summed E-state index contributed by atoms with van der Waals surface area (Å²) in [6, 6.07) is 6.45. The molecule has 0 saturated carbocycles. The molecule has 0 atom stereocenters. The summed E-state index contributed by atoms with van der Waals surface area (Å²) >= 11 is 6.97. The van der Waals surface area contributed by atoms with E-state index < -0.39 is 21.5 Å². The quantitative estimate of drug-likeness (QED) is 0.645. The van der Waals surface area contributed by atoms with E-state index in [1.54, 1.807) is 24.3 Å². The molecule has 0 aliphatic heterocycles. The van der Waals surface area contributed by atoms with E-state index in [2.05, 4.69) is 15.5 Å². The van der Waals surface area contributed by atoms with Gasteiger partial charge < -0.3 is 4.74 Å². The van der Waals surface area contributed by atoms with Crippen molar-refractivity contribution in [1.82, 2.24) is 10.2 Å². The highest BCUT2D eigenvalue weighted by atomic mass is 35.5. The molecule has 2 aromatic rings. The van der Waals surface area contributed by atoms with Crippen molar-refractivity contribution in [2.75, 3.05) is 24.3 Å². The number of halogens is 1. The summed E-state index contributed by atoms with van der Waals surface area (Å²) in [6.07, 6.45) is 0.593. The molecule has 0 aliphatic rings. The van der Waals surface area contributed by atoms with E-state index in [4.69, 9.17) is 16.3 Å². The fourth-order valence-electron chi connectivity index (χ4n) is 1.95. The van der Waals surface area contributed by atoms with Gasteiger partial charge in [0.25, 0.3) is 0 Å². The largest absolute Gasteiger partial charge is 0.381 e. The normalized spacial score (nSPS) is 11.4. The van der Waals surface area contributed by atoms with Crippen molar-refractivity contribution >= 4 is 43.8 Å². The number of hydrogen-bond acceptors (Lipinski definition) is 7. The first-order valence-electron chi connectivity index (χ1n) is 7.53. The van der Waals surface area contributed by atoms with Gasteiger partial charge in [-0.3, -0.25) is 10.1 Å². The van der Waals surface area contributed by atoms with Crippen molar-refractivity contribution in [2.24, 2.45) is 0 Å². The van der Waals surface area contributed by atoms with Crippen molar-refractivity contribution < 1.29 is 17.9 Å². The van der Waals surface area contributed by atoms with Crippen LogP contribution >= 0.6 is 22.9 Å². The molecule has 0 fully saturated rings. The SMILES string of the molecule is CCOCCc1nnc(NC(=O)CS(=O)(=O)Cc2ccc(Cl)cc2)s1. The van der Waals surface area contributed by atoms with Gasteiger partial charge in [0.05, 0.1) is 12.4 Å². The Bertz CT molecular complexity index is 806. The van der Waals surface area contributed by atoms with Crippen LogP contribution in [0.1, 0.15) is 17.5 Å². The third kappa shape index (κ3) is 7.07. The van der Waals surface area contributed by atoms with E-state index >= 15 is 0 Å². The lowest BCUT2D eigenvalue weighted by atomic mass is 10.2. The number of carbonyl (C=O) groups is 1. The molecule has 0 bridgehead atoms. The number of anilines is 1. The molecule has 0 unspecified atom stereocenters. The minimum absolute atomic E-state index is 0.229. The maximum Gasteiger partial charge on any atom is 0.241 e. The monoisotopic (exact) mass is 403 g/mol. The van der Waals surface area contributed by atoms with Crippen molar-refractivity contribution in [3.8, 4) is 0 Å². The van der Waals surface area contributed by atoms with Crippen molar-refractivity contribution in [1.29, 1.82) is 0 Å². The summed E-state index contributed by atoms with van der Waals surface area (Å²) in [5.41, 5.74) is 0.575. The maximum absolute atomic E-state index is 12.1. The van der Waals surface area contributed by atoms with E-state index in [1.165, 1.54) is 11.3 Å². The first kappa shape index (κ1) is 19.8. The van der Waals surface area contributed by atoms with E-state index in [1.807, 2.05) is 6.92 Å². The lowest BCUT2D eigenvalue weighted by molar-refractivity contribution is -0.113. The van der Waals surface area contributed by atoms with Gasteiger partial charge in [-0.25, -0.2) is 8.42 Å². The molecule has 0 radical (unpaired) electrons. The van der Waals surface area contributed by atoms with Crippen LogP contribution in [-0.4, -0.2) is 43.5 Å². The highest BCUT2D eigenvalue weighted by Crippen LogP contribution is 2.16. The highest BCUT2D eigenvalue weighted by molar-refractivity contribution is 7.91. The summed E-state index contributed by atoms with van der Waals surface area (Å²) < 4.78 is 29.5. The molecule has 1 aromatic heterocycles. The third-order valence-corrected chi connectivity index (χ3v) is 5.65. The Balaban J connectivity index is 1.87. The van der Waals surface area contributed by atoms with E-state index in [0.29, 0.717) is 35.2 Å². The summed E-state index contributed by atoms with van der Waals surface area (Å²) in [5, 5.41) is 11.7. The number of benzene rings is 1. The van der Waals surface area contributed by atoms with Crippen LogP contribution in [0.5, 0.6) is 0 Å². The van der Waals surface area contributed by atoms with Gasteiger partial charge in [-0.15, -0.1) is 10.2 Å². The fraction of sp³-hybridized carbons (Fsp3) is 0.400. The summed E-state index contributed by atoms with van der Waals surface area (Å²) in [6.45, 7) is 3.04. The number of rotatable bonds is 9. The zero-order chi connectivity index (χ0) is 18.3. The van der Waals surface area contributed by atoms with Gasteiger partial charge in [-0.2, -0.15) is 0 Å². The molecule has 10 heteroatoms. The maximum atomic E-state index is 12.1. The average molecular weight is 404 g/mol. The topological polar surface area (TPSA) is 98.2 Å². The van der Waals surface area contributed by atoms with Gasteiger partial charge in [0, 0.05) is 18.1 Å². The van der Waals surface area contributed by atoms with Gasteiger partial charge in [0.15, 0.2) is 9.84 Å². The molecule has 1 aromatic carbocycles. The van der Waals surface area contributed by atoms with Crippen LogP contribution in [0.4, 0.5) is 5.13 Å². The Hall–Kier alpha value is -1.55. The van der Waals surface area contributed by atoms with Gasteiger partial charge in [0.1, 0.15) is 10.8 Å². The van der Waals surface area contributed by atoms with Crippen molar-refractivity contribution in [2.45, 2.75) is 19.1 Å². The van der Waals surface area contributed by atoms with Crippen LogP contribution in [-0.2, 0) is 31.5 Å². The Labute approximate surface area is 155 Å². The van der Waals surface area contributed by atoms with Crippen LogP contribution in [0.25, 0.3) is 0 Å². The Morgan fingerprint density at radius 2 is 2.00 bits per heavy atom. The van der Waals surface area contributed by atoms with E-state index in [0.717, 1.165) is 0 Å². The molecule has 7 nitrogen and oxygen atoms in total. The van der Waals surface area contributed by atoms with Gasteiger partial charge in [-0.1, -0.05) is 35.1 Å². The number of nitrogens with one attached hydrogen (secondary N) is 1. The molecule has 0 aliphatic carbocycles. The Kier molecular flexibility index (Phi) is 7.30. The molecule has 2 rings (SSSR count). The summed E-state index contributed by atoms with van der Waals surface area (Å²) in [7, 11) is -3.60. The molecule has 0 spiro atoms. The predicted octanol–water partition coefficient (Wildman–Crippen LogP) is 2.32. The smallest absolute Gasteiger partial charge is 0.241 e. The van der Waals surface area contributed by atoms with Gasteiger partial charge in [-0.05, 0) is 24.6 Å². The number of nitrogens with zero attached hydrogens (tertiary/aromatic N) is 2. The lowest BCUT2D eigenvalue weighted by Crippen LogP contribution is -2.23. The first-order chi connectivity index (χ1) is 11.9.